The molecule has 2 rings (SSSR count). The number of carbonyl (C=O) groups is 1. The summed E-state index contributed by atoms with van der Waals surface area (Å²) in [6.07, 6.45) is 1.31. The molecule has 0 saturated carbocycles. The fourth-order valence-electron chi connectivity index (χ4n) is 1.59. The third kappa shape index (κ3) is 2.65. The molecule has 0 aliphatic heterocycles. The number of hydrogen-bond donors (Lipinski definition) is 1. The molecule has 0 fully saturated rings. The number of aromatic carboxylic acids is 1. The molecule has 0 radical (unpaired) electrons. The van der Waals surface area contributed by atoms with Crippen LogP contribution in [0, 0.1) is 0 Å². The fraction of sp³-hybridized carbons (Fsp3) is 0. The molecule has 1 aromatic carbocycles. The zero-order valence-electron chi connectivity index (χ0n) is 9.12. The van der Waals surface area contributed by atoms with Crippen LogP contribution in [-0.4, -0.2) is 16.1 Å². The summed E-state index contributed by atoms with van der Waals surface area (Å²) in [7, 11) is 0. The van der Waals surface area contributed by atoms with E-state index in [1.165, 1.54) is 18.3 Å². The van der Waals surface area contributed by atoms with Crippen LogP contribution in [0.15, 0.2) is 24.4 Å². The number of nitrogens with zero attached hydrogens (tertiary/aromatic N) is 1. The Labute approximate surface area is 128 Å². The minimum atomic E-state index is -1.14. The summed E-state index contributed by atoms with van der Waals surface area (Å²) in [4.78, 5) is 15.1. The van der Waals surface area contributed by atoms with Gasteiger partial charge in [0.15, 0.2) is 0 Å². The summed E-state index contributed by atoms with van der Waals surface area (Å²) in [5.74, 6) is -1.14. The summed E-state index contributed by atoms with van der Waals surface area (Å²) in [6.45, 7) is 0. The van der Waals surface area contributed by atoms with Crippen molar-refractivity contribution < 1.29 is 9.90 Å². The van der Waals surface area contributed by atoms with Crippen molar-refractivity contribution in [2.45, 2.75) is 0 Å². The molecule has 0 aliphatic rings. The fourth-order valence-corrected chi connectivity index (χ4v) is 2.48. The normalized spacial score (nSPS) is 10.5. The number of carboxylic acids is 1. The molecule has 0 spiro atoms. The van der Waals surface area contributed by atoms with Gasteiger partial charge in [0.1, 0.15) is 5.15 Å². The van der Waals surface area contributed by atoms with Crippen molar-refractivity contribution in [2.75, 3.05) is 0 Å². The molecule has 0 atom stereocenters. The van der Waals surface area contributed by atoms with Gasteiger partial charge in [-0.15, -0.1) is 0 Å². The average Bonchev–Trinajstić information content (AvgIpc) is 2.37. The Morgan fingerprint density at radius 2 is 1.74 bits per heavy atom. The SMILES string of the molecule is O=C(O)c1ccnc(Cl)c1-c1ccc(Cl)c(Cl)c1Cl. The van der Waals surface area contributed by atoms with Crippen molar-refractivity contribution in [1.82, 2.24) is 4.98 Å². The first-order chi connectivity index (χ1) is 8.93. The predicted octanol–water partition coefficient (Wildman–Crippen LogP) is 5.06. The summed E-state index contributed by atoms with van der Waals surface area (Å²) < 4.78 is 0. The van der Waals surface area contributed by atoms with E-state index in [4.69, 9.17) is 46.4 Å². The first kappa shape index (κ1) is 14.4. The van der Waals surface area contributed by atoms with Crippen molar-refractivity contribution in [3.8, 4) is 11.1 Å². The van der Waals surface area contributed by atoms with E-state index in [1.807, 2.05) is 0 Å². The van der Waals surface area contributed by atoms with E-state index >= 15 is 0 Å². The van der Waals surface area contributed by atoms with E-state index < -0.39 is 5.97 Å². The number of pyridine rings is 1. The van der Waals surface area contributed by atoms with Crippen molar-refractivity contribution in [3.63, 3.8) is 0 Å². The van der Waals surface area contributed by atoms with E-state index in [2.05, 4.69) is 4.98 Å². The largest absolute Gasteiger partial charge is 0.478 e. The summed E-state index contributed by atoms with van der Waals surface area (Å²) in [5, 5.41) is 9.74. The molecule has 0 aliphatic carbocycles. The highest BCUT2D eigenvalue weighted by Gasteiger charge is 2.20. The van der Waals surface area contributed by atoms with Crippen molar-refractivity contribution in [3.05, 3.63) is 50.2 Å². The van der Waals surface area contributed by atoms with Crippen LogP contribution in [0.25, 0.3) is 11.1 Å². The first-order valence-corrected chi connectivity index (χ1v) is 6.46. The zero-order chi connectivity index (χ0) is 14.2. The first-order valence-electron chi connectivity index (χ1n) is 4.95. The maximum absolute atomic E-state index is 11.2. The van der Waals surface area contributed by atoms with Gasteiger partial charge in [-0.1, -0.05) is 52.5 Å². The van der Waals surface area contributed by atoms with Crippen LogP contribution in [0.2, 0.25) is 20.2 Å². The van der Waals surface area contributed by atoms with Gasteiger partial charge in [0.25, 0.3) is 0 Å². The van der Waals surface area contributed by atoms with Gasteiger partial charge in [0, 0.05) is 17.3 Å². The van der Waals surface area contributed by atoms with Gasteiger partial charge in [-0.2, -0.15) is 0 Å². The van der Waals surface area contributed by atoms with Crippen LogP contribution in [0.1, 0.15) is 10.4 Å². The lowest BCUT2D eigenvalue weighted by Gasteiger charge is -2.11. The molecule has 3 nitrogen and oxygen atoms in total. The van der Waals surface area contributed by atoms with Crippen molar-refractivity contribution >= 4 is 52.4 Å². The number of halogens is 4. The predicted molar refractivity (Wildman–Crippen MR) is 76.7 cm³/mol. The molecule has 0 unspecified atom stereocenters. The molecule has 0 saturated heterocycles. The molecule has 0 bridgehead atoms. The minimum Gasteiger partial charge on any atom is -0.478 e. The van der Waals surface area contributed by atoms with Crippen molar-refractivity contribution in [2.24, 2.45) is 0 Å². The van der Waals surface area contributed by atoms with E-state index in [0.29, 0.717) is 5.56 Å². The molecular weight excluding hydrogens is 332 g/mol. The Bertz CT molecular complexity index is 673. The maximum atomic E-state index is 11.2. The van der Waals surface area contributed by atoms with Gasteiger partial charge >= 0.3 is 5.97 Å². The highest BCUT2D eigenvalue weighted by Crippen LogP contribution is 2.41. The maximum Gasteiger partial charge on any atom is 0.336 e. The summed E-state index contributed by atoms with van der Waals surface area (Å²) >= 11 is 23.8. The van der Waals surface area contributed by atoms with E-state index in [1.54, 1.807) is 6.07 Å². The smallest absolute Gasteiger partial charge is 0.336 e. The monoisotopic (exact) mass is 335 g/mol. The van der Waals surface area contributed by atoms with Crippen LogP contribution >= 0.6 is 46.4 Å². The molecule has 7 heteroatoms. The van der Waals surface area contributed by atoms with Gasteiger partial charge in [0.05, 0.1) is 20.6 Å². The van der Waals surface area contributed by atoms with Gasteiger partial charge < -0.3 is 5.11 Å². The molecule has 19 heavy (non-hydrogen) atoms. The Morgan fingerprint density at radius 3 is 2.37 bits per heavy atom. The Balaban J connectivity index is 2.79. The Kier molecular flexibility index (Phi) is 4.21. The molecule has 98 valence electrons. The third-order valence-corrected chi connectivity index (χ3v) is 4.02. The second-order valence-corrected chi connectivity index (χ2v) is 5.07. The molecule has 1 heterocycles. The minimum absolute atomic E-state index is 0.0136. The highest BCUT2D eigenvalue weighted by atomic mass is 35.5. The summed E-state index contributed by atoms with van der Waals surface area (Å²) in [5.41, 5.74) is 0.562. The molecule has 0 amide bonds. The highest BCUT2D eigenvalue weighted by molar-refractivity contribution is 6.49. The number of carboxylic acid groups (broad SMARTS) is 1. The second-order valence-electron chi connectivity index (χ2n) is 3.55. The summed E-state index contributed by atoms with van der Waals surface area (Å²) in [6, 6.07) is 4.40. The van der Waals surface area contributed by atoms with Gasteiger partial charge in [-0.3, -0.25) is 0 Å². The lowest BCUT2D eigenvalue weighted by atomic mass is 10.0. The van der Waals surface area contributed by atoms with Gasteiger partial charge in [0.2, 0.25) is 0 Å². The quantitative estimate of drug-likeness (QED) is 0.616. The Morgan fingerprint density at radius 1 is 1.05 bits per heavy atom. The molecular formula is C12H5Cl4NO2. The third-order valence-electron chi connectivity index (χ3n) is 2.44. The zero-order valence-corrected chi connectivity index (χ0v) is 12.1. The molecule has 1 aromatic heterocycles. The van der Waals surface area contributed by atoms with Crippen LogP contribution in [0.4, 0.5) is 0 Å². The average molecular weight is 337 g/mol. The molecule has 1 N–H and O–H groups in total. The van der Waals surface area contributed by atoms with E-state index in [9.17, 15) is 9.90 Å². The van der Waals surface area contributed by atoms with Crippen LogP contribution in [0.5, 0.6) is 0 Å². The van der Waals surface area contributed by atoms with Gasteiger partial charge in [-0.05, 0) is 12.1 Å². The van der Waals surface area contributed by atoms with E-state index in [-0.39, 0.29) is 31.3 Å². The lowest BCUT2D eigenvalue weighted by molar-refractivity contribution is 0.0697. The number of rotatable bonds is 2. The lowest BCUT2D eigenvalue weighted by Crippen LogP contribution is -2.01. The second kappa shape index (κ2) is 5.55. The van der Waals surface area contributed by atoms with Crippen LogP contribution in [-0.2, 0) is 0 Å². The van der Waals surface area contributed by atoms with Crippen molar-refractivity contribution in [1.29, 1.82) is 0 Å². The van der Waals surface area contributed by atoms with Crippen LogP contribution in [0.3, 0.4) is 0 Å². The number of aromatic nitrogens is 1. The Hall–Kier alpha value is -1.000. The van der Waals surface area contributed by atoms with E-state index in [0.717, 1.165) is 0 Å². The van der Waals surface area contributed by atoms with Gasteiger partial charge in [-0.25, -0.2) is 9.78 Å². The standard InChI is InChI=1S/C12H5Cl4NO2/c13-7-2-1-5(9(14)10(7)15)8-6(12(18)19)3-4-17-11(8)16/h1-4H,(H,18,19). The van der Waals surface area contributed by atoms with Crippen LogP contribution < -0.4 is 0 Å². The molecule has 2 aromatic rings. The topological polar surface area (TPSA) is 50.2 Å². The number of benzene rings is 1. The number of hydrogen-bond acceptors (Lipinski definition) is 2.